The van der Waals surface area contributed by atoms with Gasteiger partial charge < -0.3 is 10.3 Å². The number of sulfonamides is 1. The number of hydrogen-bond acceptors (Lipinski definition) is 5. The number of fused-ring (bicyclic) bond motifs is 1. The first-order chi connectivity index (χ1) is 13.8. The summed E-state index contributed by atoms with van der Waals surface area (Å²) in [6.07, 6.45) is 4.11. The van der Waals surface area contributed by atoms with Gasteiger partial charge in [-0.15, -0.1) is 0 Å². The molecule has 0 aliphatic heterocycles. The Kier molecular flexibility index (Phi) is 4.31. The van der Waals surface area contributed by atoms with Gasteiger partial charge in [0.2, 0.25) is 0 Å². The number of hydrogen-bond donors (Lipinski definition) is 2. The van der Waals surface area contributed by atoms with E-state index in [4.69, 9.17) is 5.73 Å². The molecule has 0 aliphatic carbocycles. The third kappa shape index (κ3) is 3.31. The van der Waals surface area contributed by atoms with E-state index in [0.29, 0.717) is 16.6 Å². The first-order valence-corrected chi connectivity index (χ1v) is 9.82. The van der Waals surface area contributed by atoms with Crippen LogP contribution in [-0.4, -0.2) is 33.8 Å². The minimum atomic E-state index is -3.83. The maximum atomic E-state index is 15.0. The SMILES string of the molecule is Cn1cnc(S(=O)(=O)Nc2ccc(-c3ccc4cnn(C(N)=O)c4c3F)cc2)c1. The van der Waals surface area contributed by atoms with Crippen LogP contribution in [0.5, 0.6) is 0 Å². The second-order valence-electron chi connectivity index (χ2n) is 6.32. The molecule has 0 aliphatic rings. The molecular formula is C18H15FN6O3S. The van der Waals surface area contributed by atoms with Crippen molar-refractivity contribution in [2.45, 2.75) is 5.03 Å². The largest absolute Gasteiger partial charge is 0.350 e. The van der Waals surface area contributed by atoms with Crippen molar-refractivity contribution in [2.24, 2.45) is 12.8 Å². The number of aromatic nitrogens is 4. The lowest BCUT2D eigenvalue weighted by atomic mass is 10.0. The summed E-state index contributed by atoms with van der Waals surface area (Å²) in [6, 6.07) is 8.41. The fourth-order valence-corrected chi connectivity index (χ4v) is 3.96. The summed E-state index contributed by atoms with van der Waals surface area (Å²) in [5, 5.41) is 4.12. The molecule has 148 valence electrons. The lowest BCUT2D eigenvalue weighted by molar-refractivity contribution is 0.248. The van der Waals surface area contributed by atoms with Crippen molar-refractivity contribution in [3.8, 4) is 11.1 Å². The lowest BCUT2D eigenvalue weighted by Gasteiger charge is -2.09. The number of nitrogens with one attached hydrogen (secondary N) is 1. The predicted octanol–water partition coefficient (Wildman–Crippen LogP) is 2.30. The summed E-state index contributed by atoms with van der Waals surface area (Å²) >= 11 is 0. The number of carbonyl (C=O) groups is 1. The maximum absolute atomic E-state index is 15.0. The van der Waals surface area contributed by atoms with Crippen LogP contribution >= 0.6 is 0 Å². The van der Waals surface area contributed by atoms with Crippen molar-refractivity contribution in [1.82, 2.24) is 19.3 Å². The summed E-state index contributed by atoms with van der Waals surface area (Å²) in [6.45, 7) is 0. The van der Waals surface area contributed by atoms with E-state index in [-0.39, 0.29) is 16.1 Å². The van der Waals surface area contributed by atoms with Crippen LogP contribution in [0.1, 0.15) is 0 Å². The monoisotopic (exact) mass is 414 g/mol. The molecule has 0 unspecified atom stereocenters. The number of amides is 1. The maximum Gasteiger partial charge on any atom is 0.340 e. The number of rotatable bonds is 4. The van der Waals surface area contributed by atoms with Gasteiger partial charge in [0.25, 0.3) is 10.0 Å². The summed E-state index contributed by atoms with van der Waals surface area (Å²) in [5.41, 5.74) is 6.22. The Bertz CT molecular complexity index is 1340. The van der Waals surface area contributed by atoms with Gasteiger partial charge in [0.15, 0.2) is 10.8 Å². The van der Waals surface area contributed by atoms with Gasteiger partial charge in [0, 0.05) is 29.9 Å². The van der Waals surface area contributed by atoms with Crippen LogP contribution in [0.4, 0.5) is 14.9 Å². The van der Waals surface area contributed by atoms with Gasteiger partial charge in [-0.05, 0) is 17.7 Å². The van der Waals surface area contributed by atoms with E-state index < -0.39 is 21.9 Å². The molecule has 2 aromatic heterocycles. The average Bonchev–Trinajstić information content (AvgIpc) is 3.30. The van der Waals surface area contributed by atoms with E-state index in [0.717, 1.165) is 4.68 Å². The topological polar surface area (TPSA) is 125 Å². The standard InChI is InChI=1S/C18H15FN6O3S/c1-24-9-15(21-10-24)29(27,28)23-13-5-2-11(3-6-13)14-7-4-12-8-22-25(18(20)26)17(12)16(14)19/h2-10,23H,1H3,(H2,20,26). The van der Waals surface area contributed by atoms with E-state index in [1.165, 1.54) is 35.4 Å². The zero-order valence-corrected chi connectivity index (χ0v) is 15.9. The van der Waals surface area contributed by atoms with E-state index in [1.54, 1.807) is 31.3 Å². The molecule has 0 fully saturated rings. The molecule has 0 radical (unpaired) electrons. The summed E-state index contributed by atoms with van der Waals surface area (Å²) < 4.78 is 44.4. The fraction of sp³-hybridized carbons (Fsp3) is 0.0556. The Balaban J connectivity index is 1.67. The van der Waals surface area contributed by atoms with Crippen molar-refractivity contribution < 1.29 is 17.6 Å². The highest BCUT2D eigenvalue weighted by Gasteiger charge is 2.18. The molecule has 0 saturated carbocycles. The summed E-state index contributed by atoms with van der Waals surface area (Å²) in [5.74, 6) is -0.652. The molecule has 2 heterocycles. The molecule has 0 atom stereocenters. The smallest absolute Gasteiger partial charge is 0.340 e. The zero-order valence-electron chi connectivity index (χ0n) is 15.1. The van der Waals surface area contributed by atoms with Crippen LogP contribution in [0.25, 0.3) is 22.0 Å². The zero-order chi connectivity index (χ0) is 20.8. The Morgan fingerprint density at radius 2 is 1.90 bits per heavy atom. The van der Waals surface area contributed by atoms with Gasteiger partial charge in [-0.3, -0.25) is 4.72 Å². The number of carbonyl (C=O) groups excluding carboxylic acids is 1. The molecule has 0 spiro atoms. The average molecular weight is 414 g/mol. The second kappa shape index (κ2) is 6.71. The number of primary amides is 1. The fourth-order valence-electron chi connectivity index (χ4n) is 2.92. The van der Waals surface area contributed by atoms with Gasteiger partial charge in [0.1, 0.15) is 5.52 Å². The molecule has 1 amide bonds. The van der Waals surface area contributed by atoms with Crippen molar-refractivity contribution in [2.75, 3.05) is 4.72 Å². The molecule has 4 rings (SSSR count). The number of imidazole rings is 1. The number of benzene rings is 2. The quantitative estimate of drug-likeness (QED) is 0.530. The third-order valence-corrected chi connectivity index (χ3v) is 5.55. The molecule has 0 bridgehead atoms. The molecule has 4 aromatic rings. The van der Waals surface area contributed by atoms with E-state index in [1.807, 2.05) is 0 Å². The number of anilines is 1. The normalized spacial score (nSPS) is 11.7. The van der Waals surface area contributed by atoms with Crippen LogP contribution in [0.15, 0.2) is 60.1 Å². The third-order valence-electron chi connectivity index (χ3n) is 4.28. The lowest BCUT2D eigenvalue weighted by Crippen LogP contribution is -2.21. The predicted molar refractivity (Wildman–Crippen MR) is 104 cm³/mol. The Hall–Kier alpha value is -3.73. The van der Waals surface area contributed by atoms with E-state index in [9.17, 15) is 13.2 Å². The minimum absolute atomic E-state index is 0.0186. The van der Waals surface area contributed by atoms with Crippen molar-refractivity contribution in [3.63, 3.8) is 0 Å². The summed E-state index contributed by atoms with van der Waals surface area (Å²) in [4.78, 5) is 15.3. The molecule has 0 saturated heterocycles. The molecular weight excluding hydrogens is 399 g/mol. The van der Waals surface area contributed by atoms with Crippen LogP contribution in [0.2, 0.25) is 0 Å². The highest BCUT2D eigenvalue weighted by Crippen LogP contribution is 2.30. The first kappa shape index (κ1) is 18.6. The summed E-state index contributed by atoms with van der Waals surface area (Å²) in [7, 11) is -2.17. The molecule has 3 N–H and O–H groups in total. The number of aryl methyl sites for hydroxylation is 1. The Labute approximate surface area is 164 Å². The van der Waals surface area contributed by atoms with Gasteiger partial charge in [-0.2, -0.15) is 18.2 Å². The first-order valence-electron chi connectivity index (χ1n) is 8.33. The van der Waals surface area contributed by atoms with Gasteiger partial charge in [-0.1, -0.05) is 24.3 Å². The highest BCUT2D eigenvalue weighted by molar-refractivity contribution is 7.92. The van der Waals surface area contributed by atoms with Gasteiger partial charge in [-0.25, -0.2) is 14.2 Å². The Morgan fingerprint density at radius 3 is 2.52 bits per heavy atom. The van der Waals surface area contributed by atoms with Gasteiger partial charge in [0.05, 0.1) is 12.5 Å². The van der Waals surface area contributed by atoms with E-state index >= 15 is 4.39 Å². The van der Waals surface area contributed by atoms with Crippen molar-refractivity contribution >= 4 is 32.6 Å². The molecule has 29 heavy (non-hydrogen) atoms. The molecule has 9 nitrogen and oxygen atoms in total. The number of nitrogens with zero attached hydrogens (tertiary/aromatic N) is 4. The Morgan fingerprint density at radius 1 is 1.17 bits per heavy atom. The minimum Gasteiger partial charge on any atom is -0.350 e. The highest BCUT2D eigenvalue weighted by atomic mass is 32.2. The van der Waals surface area contributed by atoms with Crippen LogP contribution in [0.3, 0.4) is 0 Å². The van der Waals surface area contributed by atoms with Crippen LogP contribution in [0, 0.1) is 5.82 Å². The molecule has 11 heteroatoms. The molecule has 2 aromatic carbocycles. The number of halogens is 1. The van der Waals surface area contributed by atoms with E-state index in [2.05, 4.69) is 14.8 Å². The van der Waals surface area contributed by atoms with Gasteiger partial charge >= 0.3 is 6.03 Å². The van der Waals surface area contributed by atoms with Crippen LogP contribution < -0.4 is 10.5 Å². The van der Waals surface area contributed by atoms with Crippen LogP contribution in [-0.2, 0) is 17.1 Å². The van der Waals surface area contributed by atoms with Crippen molar-refractivity contribution in [1.29, 1.82) is 0 Å². The second-order valence-corrected chi connectivity index (χ2v) is 7.95. The number of nitrogens with two attached hydrogens (primary N) is 1. The van der Waals surface area contributed by atoms with Crippen molar-refractivity contribution in [3.05, 3.63) is 60.9 Å².